The Morgan fingerprint density at radius 2 is 1.59 bits per heavy atom. The highest BCUT2D eigenvalue weighted by atomic mass is 16.2. The molecule has 0 fully saturated rings. The molecule has 0 radical (unpaired) electrons. The van der Waals surface area contributed by atoms with Crippen molar-refractivity contribution in [1.82, 2.24) is 24.9 Å². The first kappa shape index (κ1) is 21.3. The molecule has 1 amide bonds. The van der Waals surface area contributed by atoms with Crippen molar-refractivity contribution in [2.45, 2.75) is 19.6 Å². The molecule has 0 bridgehead atoms. The van der Waals surface area contributed by atoms with Crippen molar-refractivity contribution in [1.29, 1.82) is 0 Å². The van der Waals surface area contributed by atoms with Gasteiger partial charge in [-0.15, -0.1) is 0 Å². The molecule has 5 aromatic rings. The number of carbonyl (C=O) groups is 1. The lowest BCUT2D eigenvalue weighted by molar-refractivity contribution is -0.122. The quantitative estimate of drug-likeness (QED) is 0.411. The van der Waals surface area contributed by atoms with Gasteiger partial charge in [0.1, 0.15) is 6.54 Å². The molecule has 0 unspecified atom stereocenters. The van der Waals surface area contributed by atoms with Crippen LogP contribution >= 0.6 is 0 Å². The fourth-order valence-electron chi connectivity index (χ4n) is 3.91. The molecule has 0 aliphatic rings. The van der Waals surface area contributed by atoms with Gasteiger partial charge in [0.25, 0.3) is 5.56 Å². The van der Waals surface area contributed by atoms with Crippen molar-refractivity contribution in [3.8, 4) is 11.3 Å². The van der Waals surface area contributed by atoms with Crippen LogP contribution in [0.5, 0.6) is 0 Å². The number of benzene rings is 3. The van der Waals surface area contributed by atoms with Crippen molar-refractivity contribution in [2.75, 3.05) is 0 Å². The zero-order valence-corrected chi connectivity index (χ0v) is 18.5. The molecule has 0 atom stereocenters. The average Bonchev–Trinajstić information content (AvgIpc) is 3.28. The van der Waals surface area contributed by atoms with E-state index in [1.54, 1.807) is 18.3 Å². The highest BCUT2D eigenvalue weighted by Crippen LogP contribution is 2.22. The predicted molar refractivity (Wildman–Crippen MR) is 131 cm³/mol. The molecule has 0 aliphatic carbocycles. The van der Waals surface area contributed by atoms with Crippen molar-refractivity contribution in [3.05, 3.63) is 119 Å². The van der Waals surface area contributed by atoms with Gasteiger partial charge >= 0.3 is 0 Å². The van der Waals surface area contributed by atoms with Gasteiger partial charge in [-0.1, -0.05) is 78.9 Å². The summed E-state index contributed by atoms with van der Waals surface area (Å²) in [4.78, 5) is 25.3. The van der Waals surface area contributed by atoms with Gasteiger partial charge in [-0.2, -0.15) is 10.2 Å². The molecule has 3 aromatic carbocycles. The van der Waals surface area contributed by atoms with Crippen LogP contribution in [0.3, 0.4) is 0 Å². The van der Waals surface area contributed by atoms with E-state index in [4.69, 9.17) is 5.10 Å². The molecule has 0 spiro atoms. The second-order valence-corrected chi connectivity index (χ2v) is 8.02. The molecule has 7 nitrogen and oxygen atoms in total. The SMILES string of the molecule is O=C(Cn1ncc2ccccc2c1=O)NCc1cn(Cc2ccccc2)nc1-c1ccccc1. The largest absolute Gasteiger partial charge is 0.350 e. The number of rotatable bonds is 7. The van der Waals surface area contributed by atoms with E-state index in [9.17, 15) is 9.59 Å². The predicted octanol–water partition coefficient (Wildman–Crippen LogP) is 3.62. The van der Waals surface area contributed by atoms with Gasteiger partial charge in [-0.25, -0.2) is 4.68 Å². The van der Waals surface area contributed by atoms with Crippen LogP contribution in [0.15, 0.2) is 102 Å². The summed E-state index contributed by atoms with van der Waals surface area (Å²) in [7, 11) is 0. The van der Waals surface area contributed by atoms with Crippen LogP contribution in [-0.4, -0.2) is 25.5 Å². The number of carbonyl (C=O) groups excluding carboxylic acids is 1. The number of nitrogens with zero attached hydrogens (tertiary/aromatic N) is 4. The van der Waals surface area contributed by atoms with Gasteiger partial charge in [-0.05, 0) is 11.6 Å². The van der Waals surface area contributed by atoms with E-state index in [1.165, 1.54) is 4.68 Å². The summed E-state index contributed by atoms with van der Waals surface area (Å²) in [6.07, 6.45) is 3.56. The van der Waals surface area contributed by atoms with Gasteiger partial charge in [0, 0.05) is 29.3 Å². The Kier molecular flexibility index (Phi) is 5.99. The maximum absolute atomic E-state index is 12.7. The maximum atomic E-state index is 12.7. The lowest BCUT2D eigenvalue weighted by Gasteiger charge is -2.08. The van der Waals surface area contributed by atoms with Crippen molar-refractivity contribution in [2.24, 2.45) is 0 Å². The average molecular weight is 450 g/mol. The fourth-order valence-corrected chi connectivity index (χ4v) is 3.91. The molecule has 5 rings (SSSR count). The molecule has 168 valence electrons. The monoisotopic (exact) mass is 449 g/mol. The first-order chi connectivity index (χ1) is 16.7. The first-order valence-corrected chi connectivity index (χ1v) is 11.0. The van der Waals surface area contributed by atoms with Crippen LogP contribution in [0.1, 0.15) is 11.1 Å². The molecule has 7 heteroatoms. The van der Waals surface area contributed by atoms with Crippen LogP contribution in [0.2, 0.25) is 0 Å². The van der Waals surface area contributed by atoms with Crippen molar-refractivity contribution >= 4 is 16.7 Å². The van der Waals surface area contributed by atoms with Crippen molar-refractivity contribution < 1.29 is 4.79 Å². The van der Waals surface area contributed by atoms with Gasteiger partial charge < -0.3 is 5.32 Å². The van der Waals surface area contributed by atoms with E-state index in [-0.39, 0.29) is 18.0 Å². The molecule has 0 saturated heterocycles. The molecule has 2 heterocycles. The topological polar surface area (TPSA) is 81.8 Å². The Hall–Kier alpha value is -4.52. The van der Waals surface area contributed by atoms with Gasteiger partial charge in [0.05, 0.1) is 23.8 Å². The lowest BCUT2D eigenvalue weighted by atomic mass is 10.1. The number of hydrogen-bond donors (Lipinski definition) is 1. The second-order valence-electron chi connectivity index (χ2n) is 8.02. The Morgan fingerprint density at radius 1 is 0.882 bits per heavy atom. The third-order valence-corrected chi connectivity index (χ3v) is 5.60. The minimum atomic E-state index is -0.292. The molecule has 0 saturated carbocycles. The zero-order valence-electron chi connectivity index (χ0n) is 18.5. The summed E-state index contributed by atoms with van der Waals surface area (Å²) in [5.41, 5.74) is 3.55. The van der Waals surface area contributed by atoms with Crippen LogP contribution < -0.4 is 10.9 Å². The standard InChI is InChI=1S/C27H23N5O2/c33-25(19-32-27(34)24-14-8-7-13-22(24)16-29-32)28-15-23-18-31(17-20-9-3-1-4-10-20)30-26(23)21-11-5-2-6-12-21/h1-14,16,18H,15,17,19H2,(H,28,33). The Balaban J connectivity index is 1.34. The lowest BCUT2D eigenvalue weighted by Crippen LogP contribution is -2.33. The highest BCUT2D eigenvalue weighted by molar-refractivity contribution is 5.81. The van der Waals surface area contributed by atoms with E-state index in [1.807, 2.05) is 71.5 Å². The minimum absolute atomic E-state index is 0.150. The highest BCUT2D eigenvalue weighted by Gasteiger charge is 2.14. The summed E-state index contributed by atoms with van der Waals surface area (Å²) in [5, 5.41) is 13.1. The number of fused-ring (bicyclic) bond motifs is 1. The third-order valence-electron chi connectivity index (χ3n) is 5.60. The summed E-state index contributed by atoms with van der Waals surface area (Å²) in [6, 6.07) is 27.2. The molecular formula is C27H23N5O2. The smallest absolute Gasteiger partial charge is 0.275 e. The maximum Gasteiger partial charge on any atom is 0.275 e. The number of amides is 1. The summed E-state index contributed by atoms with van der Waals surface area (Å²) in [5.74, 6) is -0.292. The van der Waals surface area contributed by atoms with E-state index < -0.39 is 0 Å². The van der Waals surface area contributed by atoms with Gasteiger partial charge in [-0.3, -0.25) is 14.3 Å². The Labute approximate surface area is 196 Å². The normalized spacial score (nSPS) is 10.9. The van der Waals surface area contributed by atoms with Crippen LogP contribution in [0.4, 0.5) is 0 Å². The third kappa shape index (κ3) is 4.63. The summed E-state index contributed by atoms with van der Waals surface area (Å²) >= 11 is 0. The Bertz CT molecular complexity index is 1490. The number of hydrogen-bond acceptors (Lipinski definition) is 4. The van der Waals surface area contributed by atoms with Crippen LogP contribution in [0.25, 0.3) is 22.0 Å². The van der Waals surface area contributed by atoms with E-state index in [0.29, 0.717) is 18.5 Å². The van der Waals surface area contributed by atoms with E-state index in [0.717, 1.165) is 27.8 Å². The molecule has 1 N–H and O–H groups in total. The molecule has 34 heavy (non-hydrogen) atoms. The van der Waals surface area contributed by atoms with E-state index in [2.05, 4.69) is 22.5 Å². The van der Waals surface area contributed by atoms with Crippen LogP contribution in [-0.2, 0) is 24.4 Å². The molecule has 2 aromatic heterocycles. The van der Waals surface area contributed by atoms with Crippen LogP contribution in [0, 0.1) is 0 Å². The fraction of sp³-hybridized carbons (Fsp3) is 0.111. The summed E-state index contributed by atoms with van der Waals surface area (Å²) in [6.45, 7) is 0.772. The molecular weight excluding hydrogens is 426 g/mol. The first-order valence-electron chi connectivity index (χ1n) is 11.0. The van der Waals surface area contributed by atoms with Gasteiger partial charge in [0.2, 0.25) is 5.91 Å². The van der Waals surface area contributed by atoms with Crippen molar-refractivity contribution in [3.63, 3.8) is 0 Å². The Morgan fingerprint density at radius 3 is 2.38 bits per heavy atom. The summed E-state index contributed by atoms with van der Waals surface area (Å²) < 4.78 is 3.07. The van der Waals surface area contributed by atoms with E-state index >= 15 is 0 Å². The number of aromatic nitrogens is 4. The molecule has 0 aliphatic heterocycles. The number of nitrogens with one attached hydrogen (secondary N) is 1. The minimum Gasteiger partial charge on any atom is -0.350 e. The van der Waals surface area contributed by atoms with Gasteiger partial charge in [0.15, 0.2) is 0 Å². The second kappa shape index (κ2) is 9.54. The zero-order chi connectivity index (χ0) is 23.3.